The van der Waals surface area contributed by atoms with Gasteiger partial charge in [-0.15, -0.1) is 0 Å². The monoisotopic (exact) mass is 296 g/mol. The molecule has 20 heavy (non-hydrogen) atoms. The van der Waals surface area contributed by atoms with Gasteiger partial charge in [0.25, 0.3) is 0 Å². The van der Waals surface area contributed by atoms with Crippen LogP contribution in [0.4, 0.5) is 5.82 Å². The number of nitrogens with one attached hydrogen (secondary N) is 2. The number of hydrazine groups is 1. The van der Waals surface area contributed by atoms with Gasteiger partial charge in [0.2, 0.25) is 5.82 Å². The first-order valence-corrected chi connectivity index (χ1v) is 7.10. The molecule has 1 aliphatic heterocycles. The van der Waals surface area contributed by atoms with E-state index in [-0.39, 0.29) is 17.4 Å². The van der Waals surface area contributed by atoms with Crippen molar-refractivity contribution in [2.24, 2.45) is 0 Å². The molecule has 3 atom stereocenters. The molecule has 1 aliphatic rings. The second kappa shape index (κ2) is 7.05. The van der Waals surface area contributed by atoms with E-state index < -0.39 is 0 Å². The molecule has 0 bridgehead atoms. The quantitative estimate of drug-likeness (QED) is 0.305. The summed E-state index contributed by atoms with van der Waals surface area (Å²) in [6.07, 6.45) is 3.87. The van der Waals surface area contributed by atoms with Gasteiger partial charge in [0.15, 0.2) is 11.9 Å². The van der Waals surface area contributed by atoms with Crippen LogP contribution in [-0.4, -0.2) is 33.5 Å². The van der Waals surface area contributed by atoms with Gasteiger partial charge in [-0.25, -0.2) is 15.7 Å². The molecule has 0 aromatic carbocycles. The molecule has 1 saturated heterocycles. The topological polar surface area (TPSA) is 62.1 Å². The smallest absolute Gasteiger partial charge is 0.226 e. The Balaban J connectivity index is 2.20. The van der Waals surface area contributed by atoms with Gasteiger partial charge in [0.1, 0.15) is 0 Å². The molecule has 0 radical (unpaired) electrons. The molecule has 0 aliphatic carbocycles. The lowest BCUT2D eigenvalue weighted by Crippen LogP contribution is -3.14. The first-order valence-electron chi connectivity index (χ1n) is 6.63. The van der Waals surface area contributed by atoms with Gasteiger partial charge in [0.05, 0.1) is 6.54 Å². The van der Waals surface area contributed by atoms with E-state index >= 15 is 0 Å². The Labute approximate surface area is 124 Å². The Hall–Kier alpha value is -1.12. The largest absolute Gasteiger partial charge is 0.709 e. The van der Waals surface area contributed by atoms with Gasteiger partial charge in [-0.3, -0.25) is 4.90 Å². The summed E-state index contributed by atoms with van der Waals surface area (Å²) in [7, 11) is 0. The number of hydrogen-bond donors (Lipinski definition) is 3. The minimum atomic E-state index is -0.215. The Morgan fingerprint density at radius 1 is 1.65 bits per heavy atom. The zero-order chi connectivity index (χ0) is 14.5. The zero-order valence-corrected chi connectivity index (χ0v) is 12.3. The molecular formula is C13H20N4O2S. The van der Waals surface area contributed by atoms with E-state index in [9.17, 15) is 0 Å². The minimum Gasteiger partial charge on any atom is -0.709 e. The molecule has 7 heteroatoms. The van der Waals surface area contributed by atoms with E-state index in [0.29, 0.717) is 6.54 Å². The van der Waals surface area contributed by atoms with Gasteiger partial charge >= 0.3 is 0 Å². The molecule has 1 aromatic heterocycles. The number of hydrogen-bond acceptors (Lipinski definition) is 6. The van der Waals surface area contributed by atoms with Crippen LogP contribution in [0.5, 0.6) is 0 Å². The third kappa shape index (κ3) is 3.31. The SMILES string of the molecule is C=C(CN1NC([S-])[NH+](c2ccccn2)C1CCC)OO. The first-order chi connectivity index (χ1) is 9.67. The van der Waals surface area contributed by atoms with E-state index in [1.165, 1.54) is 0 Å². The lowest BCUT2D eigenvalue weighted by molar-refractivity contribution is -0.866. The molecule has 2 heterocycles. The normalized spacial score (nSPS) is 26.6. The van der Waals surface area contributed by atoms with Crippen molar-refractivity contribution in [2.45, 2.75) is 31.4 Å². The fourth-order valence-electron chi connectivity index (χ4n) is 2.45. The molecule has 1 fully saturated rings. The van der Waals surface area contributed by atoms with Crippen LogP contribution in [0.15, 0.2) is 36.7 Å². The maximum absolute atomic E-state index is 8.66. The predicted octanol–water partition coefficient (Wildman–Crippen LogP) is 0.378. The van der Waals surface area contributed by atoms with Gasteiger partial charge in [0, 0.05) is 24.2 Å². The fourth-order valence-corrected chi connectivity index (χ4v) is 2.86. The number of aromatic nitrogens is 1. The Kier molecular flexibility index (Phi) is 5.38. The summed E-state index contributed by atoms with van der Waals surface area (Å²) in [4.78, 5) is 9.67. The zero-order valence-electron chi connectivity index (χ0n) is 11.5. The van der Waals surface area contributed by atoms with Crippen molar-refractivity contribution >= 4 is 18.4 Å². The van der Waals surface area contributed by atoms with Crippen molar-refractivity contribution in [3.8, 4) is 0 Å². The van der Waals surface area contributed by atoms with Crippen molar-refractivity contribution < 1.29 is 15.0 Å². The number of quaternary nitrogens is 1. The summed E-state index contributed by atoms with van der Waals surface area (Å²) in [6.45, 7) is 6.15. The second-order valence-corrected chi connectivity index (χ2v) is 5.21. The van der Waals surface area contributed by atoms with E-state index in [1.54, 1.807) is 6.20 Å². The van der Waals surface area contributed by atoms with Crippen molar-refractivity contribution in [3.05, 3.63) is 36.7 Å². The van der Waals surface area contributed by atoms with Crippen molar-refractivity contribution in [1.29, 1.82) is 0 Å². The molecular weight excluding hydrogens is 276 g/mol. The van der Waals surface area contributed by atoms with Crippen molar-refractivity contribution in [3.63, 3.8) is 0 Å². The van der Waals surface area contributed by atoms with Gasteiger partial charge in [-0.1, -0.05) is 19.6 Å². The molecule has 3 N–H and O–H groups in total. The summed E-state index contributed by atoms with van der Waals surface area (Å²) in [5, 5.41) is 10.6. The summed E-state index contributed by atoms with van der Waals surface area (Å²) >= 11 is 5.50. The highest BCUT2D eigenvalue weighted by Gasteiger charge is 2.39. The van der Waals surface area contributed by atoms with Crippen LogP contribution in [0, 0.1) is 0 Å². The van der Waals surface area contributed by atoms with Crippen LogP contribution in [0.25, 0.3) is 0 Å². The summed E-state index contributed by atoms with van der Waals surface area (Å²) in [5.41, 5.74) is 3.01. The Morgan fingerprint density at radius 2 is 2.45 bits per heavy atom. The van der Waals surface area contributed by atoms with Crippen LogP contribution in [0.1, 0.15) is 19.8 Å². The first kappa shape index (κ1) is 15.3. The Bertz CT molecular complexity index is 445. The Morgan fingerprint density at radius 3 is 3.05 bits per heavy atom. The maximum Gasteiger partial charge on any atom is 0.226 e. The number of rotatable bonds is 6. The van der Waals surface area contributed by atoms with E-state index in [0.717, 1.165) is 23.6 Å². The van der Waals surface area contributed by atoms with Crippen LogP contribution in [0.2, 0.25) is 0 Å². The molecule has 2 rings (SSSR count). The predicted molar refractivity (Wildman–Crippen MR) is 77.4 cm³/mol. The molecule has 110 valence electrons. The van der Waals surface area contributed by atoms with Crippen molar-refractivity contribution in [2.75, 3.05) is 6.54 Å². The third-order valence-corrected chi connectivity index (χ3v) is 3.66. The highest BCUT2D eigenvalue weighted by atomic mass is 32.1. The fraction of sp³-hybridized carbons (Fsp3) is 0.462. The minimum absolute atomic E-state index is 0.129. The highest BCUT2D eigenvalue weighted by Crippen LogP contribution is 2.10. The summed E-state index contributed by atoms with van der Waals surface area (Å²) < 4.78 is 0. The van der Waals surface area contributed by atoms with E-state index in [4.69, 9.17) is 17.9 Å². The average Bonchev–Trinajstić information content (AvgIpc) is 2.76. The molecule has 0 spiro atoms. The summed E-state index contributed by atoms with van der Waals surface area (Å²) in [6, 6.07) is 5.82. The molecule has 3 unspecified atom stereocenters. The van der Waals surface area contributed by atoms with Crippen molar-refractivity contribution in [1.82, 2.24) is 15.4 Å². The lowest BCUT2D eigenvalue weighted by atomic mass is 10.2. The van der Waals surface area contributed by atoms with Crippen LogP contribution < -0.4 is 10.3 Å². The van der Waals surface area contributed by atoms with E-state index in [2.05, 4.69) is 28.8 Å². The molecule has 6 nitrogen and oxygen atoms in total. The van der Waals surface area contributed by atoms with Gasteiger partial charge < -0.3 is 17.5 Å². The van der Waals surface area contributed by atoms with Gasteiger partial charge in [-0.2, -0.15) is 5.01 Å². The molecule has 1 aromatic rings. The highest BCUT2D eigenvalue weighted by molar-refractivity contribution is 7.59. The third-order valence-electron chi connectivity index (χ3n) is 3.30. The lowest BCUT2D eigenvalue weighted by Gasteiger charge is -2.28. The van der Waals surface area contributed by atoms with Crippen LogP contribution in [0.3, 0.4) is 0 Å². The number of nitrogens with zero attached hydrogens (tertiary/aromatic N) is 2. The standard InChI is InChI=1S/C13H20N4O2S/c1-3-6-12-16(9-10(2)19-18)15-13(20)17(12)11-7-4-5-8-14-11/h4-5,7-8,12-13,15,18,20H,2-3,6,9H2,1H3. The molecule has 0 amide bonds. The summed E-state index contributed by atoms with van der Waals surface area (Å²) in [5.74, 6) is 1.19. The maximum atomic E-state index is 8.66. The van der Waals surface area contributed by atoms with Crippen LogP contribution in [-0.2, 0) is 17.5 Å². The number of pyridine rings is 1. The van der Waals surface area contributed by atoms with E-state index in [1.807, 2.05) is 23.2 Å². The molecule has 0 saturated carbocycles. The average molecular weight is 296 g/mol. The second-order valence-electron chi connectivity index (χ2n) is 4.74. The van der Waals surface area contributed by atoms with Gasteiger partial charge in [-0.05, 0) is 12.5 Å². The van der Waals surface area contributed by atoms with Crippen LogP contribution >= 0.6 is 0 Å².